The Morgan fingerprint density at radius 1 is 1.32 bits per heavy atom. The Morgan fingerprint density at radius 3 is 2.68 bits per heavy atom. The summed E-state index contributed by atoms with van der Waals surface area (Å²) in [7, 11) is 0. The van der Waals surface area contributed by atoms with Crippen LogP contribution in [0.15, 0.2) is 36.6 Å². The van der Waals surface area contributed by atoms with Crippen LogP contribution >= 0.6 is 0 Å². The van der Waals surface area contributed by atoms with E-state index in [-0.39, 0.29) is 0 Å². The van der Waals surface area contributed by atoms with E-state index in [1.54, 1.807) is 0 Å². The molecule has 0 aromatic carbocycles. The van der Waals surface area contributed by atoms with Crippen molar-refractivity contribution in [1.29, 1.82) is 0 Å². The van der Waals surface area contributed by atoms with Gasteiger partial charge in [-0.05, 0) is 43.3 Å². The lowest BCUT2D eigenvalue weighted by Gasteiger charge is -2.33. The standard InChI is InChI=1S/C20H33NO/c1-4-14-21(19-8-6-5-7-9-19)15-16-22-20-12-10-18(11-13-20)17(2)3/h4,10,12-13,17-19H,1,5-9,11,14-16H2,2-3H3. The molecule has 1 unspecified atom stereocenters. The number of allylic oxidation sites excluding steroid dienone is 3. The van der Waals surface area contributed by atoms with Crippen LogP contribution in [0.25, 0.3) is 0 Å². The summed E-state index contributed by atoms with van der Waals surface area (Å²) in [4.78, 5) is 2.55. The first-order valence-electron chi connectivity index (χ1n) is 9.06. The lowest BCUT2D eigenvalue weighted by Crippen LogP contribution is -2.39. The van der Waals surface area contributed by atoms with Crippen LogP contribution in [0.3, 0.4) is 0 Å². The normalized spacial score (nSPS) is 22.9. The zero-order valence-corrected chi connectivity index (χ0v) is 14.5. The van der Waals surface area contributed by atoms with Crippen LogP contribution in [0.5, 0.6) is 0 Å². The lowest BCUT2D eigenvalue weighted by molar-refractivity contribution is 0.120. The SMILES string of the molecule is C=CCN(CCOC1=CCC(C(C)C)C=C1)C1CCCCC1. The zero-order chi connectivity index (χ0) is 15.8. The first-order valence-corrected chi connectivity index (χ1v) is 9.06. The van der Waals surface area contributed by atoms with E-state index in [4.69, 9.17) is 4.74 Å². The summed E-state index contributed by atoms with van der Waals surface area (Å²) in [5, 5.41) is 0. The molecule has 0 spiro atoms. The van der Waals surface area contributed by atoms with E-state index < -0.39 is 0 Å². The molecule has 22 heavy (non-hydrogen) atoms. The van der Waals surface area contributed by atoms with E-state index in [9.17, 15) is 0 Å². The number of rotatable bonds is 8. The minimum absolute atomic E-state index is 0.673. The molecule has 0 radical (unpaired) electrons. The van der Waals surface area contributed by atoms with Gasteiger partial charge in [0.05, 0.1) is 0 Å². The highest BCUT2D eigenvalue weighted by Gasteiger charge is 2.20. The fourth-order valence-electron chi connectivity index (χ4n) is 3.53. The Labute approximate surface area is 136 Å². The molecular formula is C20H33NO. The van der Waals surface area contributed by atoms with Crippen molar-refractivity contribution >= 4 is 0 Å². The molecule has 0 aromatic rings. The Morgan fingerprint density at radius 2 is 2.09 bits per heavy atom. The van der Waals surface area contributed by atoms with Gasteiger partial charge in [0.1, 0.15) is 12.4 Å². The van der Waals surface area contributed by atoms with Crippen LogP contribution in [0.2, 0.25) is 0 Å². The summed E-state index contributed by atoms with van der Waals surface area (Å²) in [6.45, 7) is 11.3. The van der Waals surface area contributed by atoms with Gasteiger partial charge in [-0.15, -0.1) is 6.58 Å². The van der Waals surface area contributed by atoms with Crippen molar-refractivity contribution in [2.24, 2.45) is 11.8 Å². The molecule has 2 heteroatoms. The summed E-state index contributed by atoms with van der Waals surface area (Å²) in [5.74, 6) is 2.44. The summed E-state index contributed by atoms with van der Waals surface area (Å²) >= 11 is 0. The van der Waals surface area contributed by atoms with Crippen molar-refractivity contribution in [2.45, 2.75) is 58.4 Å². The van der Waals surface area contributed by atoms with E-state index in [0.717, 1.165) is 37.9 Å². The summed E-state index contributed by atoms with van der Waals surface area (Å²) < 4.78 is 5.98. The molecular weight excluding hydrogens is 270 g/mol. The van der Waals surface area contributed by atoms with Crippen molar-refractivity contribution in [3.63, 3.8) is 0 Å². The topological polar surface area (TPSA) is 12.5 Å². The predicted molar refractivity (Wildman–Crippen MR) is 94.8 cm³/mol. The third kappa shape index (κ3) is 5.31. The molecule has 0 heterocycles. The first-order chi connectivity index (χ1) is 10.7. The Hall–Kier alpha value is -1.02. The molecule has 0 amide bonds. The fraction of sp³-hybridized carbons (Fsp3) is 0.700. The maximum Gasteiger partial charge on any atom is 0.115 e. The monoisotopic (exact) mass is 303 g/mol. The van der Waals surface area contributed by atoms with Gasteiger partial charge in [-0.3, -0.25) is 4.90 Å². The average molecular weight is 303 g/mol. The molecule has 124 valence electrons. The van der Waals surface area contributed by atoms with E-state index in [2.05, 4.69) is 43.6 Å². The van der Waals surface area contributed by atoms with Crippen molar-refractivity contribution in [3.05, 3.63) is 36.6 Å². The highest BCUT2D eigenvalue weighted by Crippen LogP contribution is 2.24. The van der Waals surface area contributed by atoms with Gasteiger partial charge in [0.2, 0.25) is 0 Å². The van der Waals surface area contributed by atoms with Crippen LogP contribution in [0.4, 0.5) is 0 Å². The maximum absolute atomic E-state index is 5.98. The second kappa shape index (κ2) is 9.19. The number of nitrogens with zero attached hydrogens (tertiary/aromatic N) is 1. The molecule has 2 aliphatic carbocycles. The highest BCUT2D eigenvalue weighted by molar-refractivity contribution is 5.18. The van der Waals surface area contributed by atoms with Gasteiger partial charge in [-0.1, -0.05) is 45.3 Å². The summed E-state index contributed by atoms with van der Waals surface area (Å²) in [6, 6.07) is 0.733. The zero-order valence-electron chi connectivity index (χ0n) is 14.5. The third-order valence-corrected chi connectivity index (χ3v) is 5.06. The molecule has 2 rings (SSSR count). The third-order valence-electron chi connectivity index (χ3n) is 5.06. The Bertz CT molecular complexity index is 391. The summed E-state index contributed by atoms with van der Waals surface area (Å²) in [6.07, 6.45) is 16.7. The van der Waals surface area contributed by atoms with Gasteiger partial charge in [0, 0.05) is 19.1 Å². The molecule has 0 aliphatic heterocycles. The predicted octanol–water partition coefficient (Wildman–Crippen LogP) is 4.94. The average Bonchev–Trinajstić information content (AvgIpc) is 2.55. The molecule has 1 atom stereocenters. The van der Waals surface area contributed by atoms with Gasteiger partial charge < -0.3 is 4.74 Å². The van der Waals surface area contributed by atoms with Crippen molar-refractivity contribution in [1.82, 2.24) is 4.90 Å². The van der Waals surface area contributed by atoms with Crippen LogP contribution in [-0.2, 0) is 4.74 Å². The van der Waals surface area contributed by atoms with E-state index in [1.807, 2.05) is 6.08 Å². The van der Waals surface area contributed by atoms with Crippen LogP contribution in [0, 0.1) is 11.8 Å². The summed E-state index contributed by atoms with van der Waals surface area (Å²) in [5.41, 5.74) is 0. The molecule has 2 nitrogen and oxygen atoms in total. The van der Waals surface area contributed by atoms with E-state index in [0.29, 0.717) is 11.8 Å². The van der Waals surface area contributed by atoms with Crippen LogP contribution < -0.4 is 0 Å². The molecule has 0 bridgehead atoms. The first kappa shape index (κ1) is 17.3. The van der Waals surface area contributed by atoms with E-state index in [1.165, 1.54) is 32.1 Å². The second-order valence-electron chi connectivity index (χ2n) is 7.03. The minimum Gasteiger partial charge on any atom is -0.493 e. The van der Waals surface area contributed by atoms with Gasteiger partial charge in [-0.2, -0.15) is 0 Å². The Balaban J connectivity index is 1.74. The van der Waals surface area contributed by atoms with Gasteiger partial charge in [0.15, 0.2) is 0 Å². The van der Waals surface area contributed by atoms with Crippen LogP contribution in [-0.4, -0.2) is 30.6 Å². The van der Waals surface area contributed by atoms with Crippen molar-refractivity contribution in [2.75, 3.05) is 19.7 Å². The molecule has 0 saturated heterocycles. The minimum atomic E-state index is 0.673. The van der Waals surface area contributed by atoms with E-state index >= 15 is 0 Å². The molecule has 0 aromatic heterocycles. The van der Waals surface area contributed by atoms with Crippen LogP contribution in [0.1, 0.15) is 52.4 Å². The molecule has 1 saturated carbocycles. The van der Waals surface area contributed by atoms with Crippen molar-refractivity contribution in [3.8, 4) is 0 Å². The van der Waals surface area contributed by atoms with Gasteiger partial charge >= 0.3 is 0 Å². The number of ether oxygens (including phenoxy) is 1. The second-order valence-corrected chi connectivity index (χ2v) is 7.03. The van der Waals surface area contributed by atoms with Gasteiger partial charge in [-0.25, -0.2) is 0 Å². The van der Waals surface area contributed by atoms with Crippen molar-refractivity contribution < 1.29 is 4.74 Å². The largest absolute Gasteiger partial charge is 0.493 e. The Kier molecular flexibility index (Phi) is 7.24. The molecule has 0 N–H and O–H groups in total. The quantitative estimate of drug-likeness (QED) is 0.589. The molecule has 1 fully saturated rings. The number of hydrogen-bond acceptors (Lipinski definition) is 2. The fourth-order valence-corrected chi connectivity index (χ4v) is 3.53. The highest BCUT2D eigenvalue weighted by atomic mass is 16.5. The lowest BCUT2D eigenvalue weighted by atomic mass is 9.89. The smallest absolute Gasteiger partial charge is 0.115 e. The molecule has 2 aliphatic rings. The van der Waals surface area contributed by atoms with Gasteiger partial charge in [0.25, 0.3) is 0 Å². The maximum atomic E-state index is 5.98. The number of hydrogen-bond donors (Lipinski definition) is 0.